The van der Waals surface area contributed by atoms with Crippen molar-refractivity contribution in [1.29, 1.82) is 0 Å². The zero-order valence-corrected chi connectivity index (χ0v) is 8.44. The van der Waals surface area contributed by atoms with Gasteiger partial charge in [0.1, 0.15) is 5.82 Å². The van der Waals surface area contributed by atoms with Crippen molar-refractivity contribution in [3.63, 3.8) is 0 Å². The van der Waals surface area contributed by atoms with Gasteiger partial charge in [0.25, 0.3) is 0 Å². The molecular formula is C10H16N2O2. The topological polar surface area (TPSA) is 55.1 Å². The van der Waals surface area contributed by atoms with Crippen molar-refractivity contribution in [3.05, 3.63) is 18.2 Å². The lowest BCUT2D eigenvalue weighted by molar-refractivity contribution is -0.137. The molecule has 1 N–H and O–H groups in total. The van der Waals surface area contributed by atoms with Gasteiger partial charge < -0.3 is 9.67 Å². The molecule has 0 saturated carbocycles. The minimum Gasteiger partial charge on any atom is -0.481 e. The van der Waals surface area contributed by atoms with E-state index in [0.717, 1.165) is 25.2 Å². The van der Waals surface area contributed by atoms with Gasteiger partial charge in [-0.25, -0.2) is 4.98 Å². The van der Waals surface area contributed by atoms with Crippen LogP contribution in [-0.4, -0.2) is 20.6 Å². The zero-order chi connectivity index (χ0) is 10.4. The molecule has 0 radical (unpaired) electrons. The molecule has 78 valence electrons. The van der Waals surface area contributed by atoms with Gasteiger partial charge in [-0.2, -0.15) is 0 Å². The van der Waals surface area contributed by atoms with E-state index in [0.29, 0.717) is 6.42 Å². The Balaban J connectivity index is 2.41. The van der Waals surface area contributed by atoms with Crippen LogP contribution in [0.3, 0.4) is 0 Å². The molecule has 1 aromatic heterocycles. The van der Waals surface area contributed by atoms with Gasteiger partial charge in [0.15, 0.2) is 0 Å². The fraction of sp³-hybridized carbons (Fsp3) is 0.600. The molecule has 0 aromatic carbocycles. The van der Waals surface area contributed by atoms with E-state index in [1.54, 1.807) is 6.20 Å². The van der Waals surface area contributed by atoms with E-state index in [2.05, 4.69) is 16.5 Å². The van der Waals surface area contributed by atoms with Crippen molar-refractivity contribution in [2.24, 2.45) is 0 Å². The maximum Gasteiger partial charge on any atom is 0.303 e. The van der Waals surface area contributed by atoms with Crippen molar-refractivity contribution >= 4 is 5.97 Å². The Morgan fingerprint density at radius 3 is 3.07 bits per heavy atom. The summed E-state index contributed by atoms with van der Waals surface area (Å²) in [6, 6.07) is 0. The van der Waals surface area contributed by atoms with Crippen LogP contribution in [0.25, 0.3) is 0 Å². The number of carboxylic acids is 1. The van der Waals surface area contributed by atoms with Crippen LogP contribution in [0.5, 0.6) is 0 Å². The summed E-state index contributed by atoms with van der Waals surface area (Å²) in [5.41, 5.74) is 0. The molecule has 0 aliphatic rings. The van der Waals surface area contributed by atoms with Crippen molar-refractivity contribution in [2.45, 2.75) is 39.2 Å². The van der Waals surface area contributed by atoms with E-state index in [1.165, 1.54) is 0 Å². The highest BCUT2D eigenvalue weighted by molar-refractivity contribution is 5.66. The molecule has 0 unspecified atom stereocenters. The number of aryl methyl sites for hydroxylation is 2. The third kappa shape index (κ3) is 3.20. The smallest absolute Gasteiger partial charge is 0.303 e. The van der Waals surface area contributed by atoms with Crippen LogP contribution < -0.4 is 0 Å². The molecule has 1 aromatic rings. The predicted octanol–water partition coefficient (Wildman–Crippen LogP) is 1.70. The molecule has 0 atom stereocenters. The largest absolute Gasteiger partial charge is 0.481 e. The van der Waals surface area contributed by atoms with Crippen LogP contribution in [0.4, 0.5) is 0 Å². The van der Waals surface area contributed by atoms with Gasteiger partial charge in [-0.05, 0) is 12.8 Å². The van der Waals surface area contributed by atoms with Crippen LogP contribution in [0.15, 0.2) is 12.4 Å². The van der Waals surface area contributed by atoms with Gasteiger partial charge in [0, 0.05) is 31.8 Å². The summed E-state index contributed by atoms with van der Waals surface area (Å²) < 4.78 is 2.09. The van der Waals surface area contributed by atoms with Gasteiger partial charge in [0.2, 0.25) is 0 Å². The molecule has 0 aliphatic heterocycles. The molecule has 1 heterocycles. The second kappa shape index (κ2) is 5.42. The Kier molecular flexibility index (Phi) is 4.16. The SMILES string of the molecule is CCCn1ccnc1CCCC(=O)O. The standard InChI is InChI=1S/C10H16N2O2/c1-2-7-12-8-6-11-9(12)4-3-5-10(13)14/h6,8H,2-5,7H2,1H3,(H,13,14). The van der Waals surface area contributed by atoms with E-state index in [1.807, 2.05) is 6.20 Å². The summed E-state index contributed by atoms with van der Waals surface area (Å²) in [6.45, 7) is 3.07. The lowest BCUT2D eigenvalue weighted by Gasteiger charge is -2.04. The van der Waals surface area contributed by atoms with Gasteiger partial charge in [-0.3, -0.25) is 4.79 Å². The van der Waals surface area contributed by atoms with Crippen LogP contribution in [0.1, 0.15) is 32.0 Å². The van der Waals surface area contributed by atoms with Gasteiger partial charge in [-0.1, -0.05) is 6.92 Å². The van der Waals surface area contributed by atoms with Crippen LogP contribution in [0.2, 0.25) is 0 Å². The third-order valence-corrected chi connectivity index (χ3v) is 2.06. The van der Waals surface area contributed by atoms with Gasteiger partial charge >= 0.3 is 5.97 Å². The molecule has 0 saturated heterocycles. The van der Waals surface area contributed by atoms with Crippen molar-refractivity contribution in [3.8, 4) is 0 Å². The molecule has 0 spiro atoms. The number of rotatable bonds is 6. The quantitative estimate of drug-likeness (QED) is 0.753. The first-order valence-corrected chi connectivity index (χ1v) is 4.96. The number of hydrogen-bond donors (Lipinski definition) is 1. The van der Waals surface area contributed by atoms with Crippen LogP contribution in [-0.2, 0) is 17.8 Å². The van der Waals surface area contributed by atoms with Crippen molar-refractivity contribution < 1.29 is 9.90 Å². The first kappa shape index (κ1) is 10.8. The number of carboxylic acid groups (broad SMARTS) is 1. The molecule has 1 rings (SSSR count). The number of carbonyl (C=O) groups is 1. The number of aromatic nitrogens is 2. The minimum atomic E-state index is -0.737. The maximum atomic E-state index is 10.3. The van der Waals surface area contributed by atoms with Crippen LogP contribution in [0, 0.1) is 0 Å². The highest BCUT2D eigenvalue weighted by Gasteiger charge is 2.03. The Morgan fingerprint density at radius 1 is 1.64 bits per heavy atom. The summed E-state index contributed by atoms with van der Waals surface area (Å²) in [6.07, 6.45) is 6.42. The first-order chi connectivity index (χ1) is 6.74. The Bertz CT molecular complexity index is 294. The van der Waals surface area contributed by atoms with Gasteiger partial charge in [-0.15, -0.1) is 0 Å². The summed E-state index contributed by atoms with van der Waals surface area (Å²) in [4.78, 5) is 14.5. The molecule has 4 nitrogen and oxygen atoms in total. The van der Waals surface area contributed by atoms with Crippen molar-refractivity contribution in [1.82, 2.24) is 9.55 Å². The Labute approximate surface area is 83.6 Å². The molecule has 0 aliphatic carbocycles. The summed E-state index contributed by atoms with van der Waals surface area (Å²) >= 11 is 0. The van der Waals surface area contributed by atoms with E-state index in [4.69, 9.17) is 5.11 Å². The number of hydrogen-bond acceptors (Lipinski definition) is 2. The molecule has 14 heavy (non-hydrogen) atoms. The predicted molar refractivity (Wildman–Crippen MR) is 53.1 cm³/mol. The van der Waals surface area contributed by atoms with E-state index in [9.17, 15) is 4.79 Å². The highest BCUT2D eigenvalue weighted by Crippen LogP contribution is 2.04. The molecule has 0 amide bonds. The van der Waals surface area contributed by atoms with E-state index in [-0.39, 0.29) is 6.42 Å². The van der Waals surface area contributed by atoms with Crippen molar-refractivity contribution in [2.75, 3.05) is 0 Å². The summed E-state index contributed by atoms with van der Waals surface area (Å²) in [5.74, 6) is 0.256. The molecule has 0 bridgehead atoms. The minimum absolute atomic E-state index is 0.221. The average molecular weight is 196 g/mol. The number of nitrogens with zero attached hydrogens (tertiary/aromatic N) is 2. The molecule has 4 heteroatoms. The zero-order valence-electron chi connectivity index (χ0n) is 8.44. The second-order valence-electron chi connectivity index (χ2n) is 3.28. The highest BCUT2D eigenvalue weighted by atomic mass is 16.4. The first-order valence-electron chi connectivity index (χ1n) is 4.96. The summed E-state index contributed by atoms with van der Waals surface area (Å²) in [7, 11) is 0. The monoisotopic (exact) mass is 196 g/mol. The van der Waals surface area contributed by atoms with E-state index < -0.39 is 5.97 Å². The van der Waals surface area contributed by atoms with Crippen LogP contribution >= 0.6 is 0 Å². The molecule has 0 fully saturated rings. The lowest BCUT2D eigenvalue weighted by Crippen LogP contribution is -2.04. The Morgan fingerprint density at radius 2 is 2.43 bits per heavy atom. The van der Waals surface area contributed by atoms with Gasteiger partial charge in [0.05, 0.1) is 0 Å². The maximum absolute atomic E-state index is 10.3. The fourth-order valence-electron chi connectivity index (χ4n) is 1.41. The third-order valence-electron chi connectivity index (χ3n) is 2.06. The molecular weight excluding hydrogens is 180 g/mol. The lowest BCUT2D eigenvalue weighted by atomic mass is 10.2. The van der Waals surface area contributed by atoms with E-state index >= 15 is 0 Å². The summed E-state index contributed by atoms with van der Waals surface area (Å²) in [5, 5.41) is 8.49. The fourth-order valence-corrected chi connectivity index (χ4v) is 1.41. The Hall–Kier alpha value is -1.32. The average Bonchev–Trinajstić information content (AvgIpc) is 2.53. The second-order valence-corrected chi connectivity index (χ2v) is 3.28. The normalized spacial score (nSPS) is 10.4. The number of imidazole rings is 1. The number of aliphatic carboxylic acids is 1.